The van der Waals surface area contributed by atoms with Crippen LogP contribution in [0.15, 0.2) is 0 Å². The van der Waals surface area contributed by atoms with E-state index in [0.29, 0.717) is 18.5 Å². The first-order valence-electron chi connectivity index (χ1n) is 11.6. The molecule has 1 aromatic heterocycles. The molecule has 6 nitrogen and oxygen atoms in total. The first kappa shape index (κ1) is 23.4. The Balaban J connectivity index is 0.00000145. The molecule has 1 aliphatic heterocycles. The molecule has 0 radical (unpaired) electrons. The molecule has 1 aliphatic carbocycles. The predicted octanol–water partition coefficient (Wildman–Crippen LogP) is 3.81. The molecular weight excluding hydrogens is 362 g/mol. The summed E-state index contributed by atoms with van der Waals surface area (Å²) < 4.78 is 2.16. The Bertz CT molecular complexity index is 684. The van der Waals surface area contributed by atoms with Gasteiger partial charge in [0.05, 0.1) is 12.2 Å². The number of nitrogens with one attached hydrogen (secondary N) is 1. The van der Waals surface area contributed by atoms with Crippen LogP contribution < -0.4 is 5.32 Å². The van der Waals surface area contributed by atoms with Crippen LogP contribution in [-0.2, 0) is 17.8 Å². The molecule has 1 saturated carbocycles. The van der Waals surface area contributed by atoms with Gasteiger partial charge in [-0.05, 0) is 51.4 Å². The summed E-state index contributed by atoms with van der Waals surface area (Å²) in [6, 6.07) is 2.76. The minimum absolute atomic E-state index is 0.245. The van der Waals surface area contributed by atoms with Gasteiger partial charge >= 0.3 is 0 Å². The molecule has 1 N–H and O–H groups in total. The van der Waals surface area contributed by atoms with Gasteiger partial charge in [0.1, 0.15) is 17.6 Å². The highest BCUT2D eigenvalue weighted by Gasteiger charge is 2.28. The summed E-state index contributed by atoms with van der Waals surface area (Å²) in [6.07, 6.45) is 8.79. The fraction of sp³-hybridized carbons (Fsp3) is 0.783. The van der Waals surface area contributed by atoms with E-state index < -0.39 is 0 Å². The highest BCUT2D eigenvalue weighted by Crippen LogP contribution is 2.28. The van der Waals surface area contributed by atoms with Crippen molar-refractivity contribution in [3.8, 4) is 6.07 Å². The average Bonchev–Trinajstić information content (AvgIpc) is 3.47. The minimum atomic E-state index is 0.245. The van der Waals surface area contributed by atoms with Crippen molar-refractivity contribution in [3.63, 3.8) is 0 Å². The molecular formula is C23H39N5O. The third-order valence-corrected chi connectivity index (χ3v) is 6.06. The zero-order valence-electron chi connectivity index (χ0n) is 18.8. The van der Waals surface area contributed by atoms with Crippen molar-refractivity contribution >= 4 is 5.91 Å². The molecule has 0 aromatic carbocycles. The van der Waals surface area contributed by atoms with Crippen LogP contribution in [0.3, 0.4) is 0 Å². The number of rotatable bonds is 8. The number of hydrogen-bond acceptors (Lipinski definition) is 4. The molecule has 29 heavy (non-hydrogen) atoms. The number of nitriles is 1. The van der Waals surface area contributed by atoms with Crippen LogP contribution in [0.25, 0.3) is 0 Å². The smallest absolute Gasteiger partial charge is 0.236 e. The van der Waals surface area contributed by atoms with Crippen molar-refractivity contribution in [2.75, 3.05) is 19.6 Å². The van der Waals surface area contributed by atoms with E-state index in [0.717, 1.165) is 88.2 Å². The molecule has 6 heteroatoms. The van der Waals surface area contributed by atoms with E-state index in [1.165, 1.54) is 0 Å². The lowest BCUT2D eigenvalue weighted by atomic mass is 10.1. The number of carbonyl (C=O) groups is 1. The zero-order chi connectivity index (χ0) is 21.2. The van der Waals surface area contributed by atoms with E-state index in [2.05, 4.69) is 27.9 Å². The van der Waals surface area contributed by atoms with E-state index in [4.69, 9.17) is 0 Å². The molecule has 2 unspecified atom stereocenters. The number of imidazole rings is 1. The standard InChI is InChI=1S/C21H33N5O.C2H6/c1-3-4-7-20-24-16(2)19(13-22)26(20)15-17-8-9-18(12-17)23-14-21(27)25-10-5-6-11-25;1-2/h17-18,23H,3-12,14-15H2,1-2H3;1-2H3. The van der Waals surface area contributed by atoms with Gasteiger partial charge in [0.15, 0.2) is 0 Å². The summed E-state index contributed by atoms with van der Waals surface area (Å²) in [4.78, 5) is 18.9. The van der Waals surface area contributed by atoms with Gasteiger partial charge < -0.3 is 14.8 Å². The van der Waals surface area contributed by atoms with Crippen LogP contribution in [0.4, 0.5) is 0 Å². The number of carbonyl (C=O) groups excluding carboxylic acids is 1. The molecule has 2 atom stereocenters. The lowest BCUT2D eigenvalue weighted by Gasteiger charge is -2.18. The van der Waals surface area contributed by atoms with Gasteiger partial charge in [-0.25, -0.2) is 4.98 Å². The van der Waals surface area contributed by atoms with Gasteiger partial charge in [-0.3, -0.25) is 4.79 Å². The fourth-order valence-electron chi connectivity index (χ4n) is 4.49. The molecule has 162 valence electrons. The van der Waals surface area contributed by atoms with Crippen LogP contribution in [0.1, 0.15) is 82.9 Å². The highest BCUT2D eigenvalue weighted by atomic mass is 16.2. The van der Waals surface area contributed by atoms with Crippen LogP contribution in [-0.4, -0.2) is 46.0 Å². The second-order valence-electron chi connectivity index (χ2n) is 8.13. The summed E-state index contributed by atoms with van der Waals surface area (Å²) in [5.41, 5.74) is 1.58. The molecule has 2 fully saturated rings. The van der Waals surface area contributed by atoms with Crippen molar-refractivity contribution in [3.05, 3.63) is 17.2 Å². The molecule has 1 aromatic rings. The lowest BCUT2D eigenvalue weighted by molar-refractivity contribution is -0.129. The summed E-state index contributed by atoms with van der Waals surface area (Å²) in [5, 5.41) is 13.0. The van der Waals surface area contributed by atoms with Crippen molar-refractivity contribution in [1.29, 1.82) is 5.26 Å². The topological polar surface area (TPSA) is 74.0 Å². The van der Waals surface area contributed by atoms with Crippen LogP contribution in [0.5, 0.6) is 0 Å². The quantitative estimate of drug-likeness (QED) is 0.719. The second-order valence-corrected chi connectivity index (χ2v) is 8.13. The van der Waals surface area contributed by atoms with Gasteiger partial charge in [0, 0.05) is 32.1 Å². The monoisotopic (exact) mass is 401 g/mol. The number of unbranched alkanes of at least 4 members (excludes halogenated alkanes) is 1. The van der Waals surface area contributed by atoms with Crippen molar-refractivity contribution in [1.82, 2.24) is 19.8 Å². The zero-order valence-corrected chi connectivity index (χ0v) is 18.8. The van der Waals surface area contributed by atoms with Gasteiger partial charge in [-0.2, -0.15) is 5.26 Å². The van der Waals surface area contributed by atoms with E-state index in [-0.39, 0.29) is 5.91 Å². The van der Waals surface area contributed by atoms with Crippen molar-refractivity contribution < 1.29 is 4.79 Å². The van der Waals surface area contributed by atoms with Crippen LogP contribution in [0.2, 0.25) is 0 Å². The lowest BCUT2D eigenvalue weighted by Crippen LogP contribution is -2.39. The minimum Gasteiger partial charge on any atom is -0.342 e. The maximum absolute atomic E-state index is 12.2. The third-order valence-electron chi connectivity index (χ3n) is 6.06. The van der Waals surface area contributed by atoms with E-state index in [1.807, 2.05) is 25.7 Å². The molecule has 1 saturated heterocycles. The number of amides is 1. The maximum Gasteiger partial charge on any atom is 0.236 e. The molecule has 1 amide bonds. The summed E-state index contributed by atoms with van der Waals surface area (Å²) in [6.45, 7) is 11.3. The Labute approximate surface area is 176 Å². The number of hydrogen-bond donors (Lipinski definition) is 1. The first-order chi connectivity index (χ1) is 14.1. The van der Waals surface area contributed by atoms with E-state index >= 15 is 0 Å². The number of nitrogens with zero attached hydrogens (tertiary/aromatic N) is 4. The summed E-state index contributed by atoms with van der Waals surface area (Å²) >= 11 is 0. The Morgan fingerprint density at radius 2 is 2.00 bits per heavy atom. The Hall–Kier alpha value is -1.87. The second kappa shape index (κ2) is 12.0. The van der Waals surface area contributed by atoms with Crippen molar-refractivity contribution in [2.24, 2.45) is 5.92 Å². The average molecular weight is 402 g/mol. The van der Waals surface area contributed by atoms with Gasteiger partial charge in [-0.15, -0.1) is 0 Å². The summed E-state index contributed by atoms with van der Waals surface area (Å²) in [7, 11) is 0. The predicted molar refractivity (Wildman–Crippen MR) is 117 cm³/mol. The number of likely N-dealkylation sites (tertiary alicyclic amines) is 1. The molecule has 2 heterocycles. The summed E-state index contributed by atoms with van der Waals surface area (Å²) in [5.74, 6) is 1.85. The van der Waals surface area contributed by atoms with Crippen molar-refractivity contribution in [2.45, 2.75) is 91.6 Å². The Morgan fingerprint density at radius 1 is 1.28 bits per heavy atom. The largest absolute Gasteiger partial charge is 0.342 e. The number of aromatic nitrogens is 2. The molecule has 0 spiro atoms. The Kier molecular flexibility index (Phi) is 9.66. The van der Waals surface area contributed by atoms with Crippen LogP contribution in [0, 0.1) is 24.2 Å². The van der Waals surface area contributed by atoms with Crippen LogP contribution >= 0.6 is 0 Å². The third kappa shape index (κ3) is 6.30. The number of aryl methyl sites for hydroxylation is 2. The van der Waals surface area contributed by atoms with E-state index in [1.54, 1.807) is 0 Å². The van der Waals surface area contributed by atoms with Gasteiger partial charge in [-0.1, -0.05) is 27.2 Å². The maximum atomic E-state index is 12.2. The molecule has 0 bridgehead atoms. The van der Waals surface area contributed by atoms with Gasteiger partial charge in [0.2, 0.25) is 5.91 Å². The first-order valence-corrected chi connectivity index (χ1v) is 11.6. The molecule has 2 aliphatic rings. The molecule has 3 rings (SSSR count). The fourth-order valence-corrected chi connectivity index (χ4v) is 4.49. The van der Waals surface area contributed by atoms with Gasteiger partial charge in [0.25, 0.3) is 0 Å². The Morgan fingerprint density at radius 3 is 2.66 bits per heavy atom. The normalized spacial score (nSPS) is 21.0. The highest BCUT2D eigenvalue weighted by molar-refractivity contribution is 5.78. The SMILES string of the molecule is CC.CCCCc1nc(C)c(C#N)n1CC1CCC(NCC(=O)N2CCCC2)C1. The van der Waals surface area contributed by atoms with E-state index in [9.17, 15) is 10.1 Å².